The third kappa shape index (κ3) is 2.55. The molecule has 2 heterocycles. The number of hydrogen-bond acceptors (Lipinski definition) is 5. The number of nitrogen functional groups attached to an aromatic ring is 1. The maximum atomic E-state index is 12.3. The van der Waals surface area contributed by atoms with Gasteiger partial charge in [-0.25, -0.2) is 0 Å². The van der Waals surface area contributed by atoms with Crippen molar-refractivity contribution >= 4 is 28.5 Å². The van der Waals surface area contributed by atoms with E-state index in [4.69, 9.17) is 10.5 Å². The highest BCUT2D eigenvalue weighted by molar-refractivity contribution is 7.12. The van der Waals surface area contributed by atoms with Crippen LogP contribution in [-0.2, 0) is 4.74 Å². The van der Waals surface area contributed by atoms with E-state index in [0.29, 0.717) is 11.3 Å². The van der Waals surface area contributed by atoms with Crippen LogP contribution in [0, 0.1) is 0 Å². The molecular formula is C15H16N2O2S. The van der Waals surface area contributed by atoms with E-state index in [9.17, 15) is 4.79 Å². The number of ether oxygens (including phenoxy) is 1. The summed E-state index contributed by atoms with van der Waals surface area (Å²) in [5.74, 6) is 0.0280. The standard InChI is InChI=1S/C15H16N2O2S/c16-12-10-11(15(18)14-2-1-9-20-14)3-4-13(12)17-5-7-19-8-6-17/h1-4,9-10H,5-8,16H2. The molecule has 104 valence electrons. The molecule has 0 amide bonds. The Kier molecular flexibility index (Phi) is 3.71. The number of rotatable bonds is 3. The van der Waals surface area contributed by atoms with Crippen LogP contribution < -0.4 is 10.6 Å². The zero-order valence-corrected chi connectivity index (χ0v) is 11.9. The Balaban J connectivity index is 1.85. The van der Waals surface area contributed by atoms with Crippen molar-refractivity contribution in [2.75, 3.05) is 36.9 Å². The van der Waals surface area contributed by atoms with Gasteiger partial charge in [0, 0.05) is 18.7 Å². The fourth-order valence-electron chi connectivity index (χ4n) is 2.34. The van der Waals surface area contributed by atoms with Gasteiger partial charge in [-0.15, -0.1) is 11.3 Å². The molecule has 20 heavy (non-hydrogen) atoms. The molecule has 0 aliphatic carbocycles. The summed E-state index contributed by atoms with van der Waals surface area (Å²) in [6, 6.07) is 9.26. The second-order valence-electron chi connectivity index (χ2n) is 4.68. The van der Waals surface area contributed by atoms with Gasteiger partial charge in [0.15, 0.2) is 0 Å². The number of carbonyl (C=O) groups is 1. The van der Waals surface area contributed by atoms with Gasteiger partial charge in [0.1, 0.15) is 0 Å². The SMILES string of the molecule is Nc1cc(C(=O)c2cccs2)ccc1N1CCOCC1. The van der Waals surface area contributed by atoms with Gasteiger partial charge in [0.25, 0.3) is 0 Å². The first-order valence-electron chi connectivity index (χ1n) is 6.56. The monoisotopic (exact) mass is 288 g/mol. The molecule has 4 nitrogen and oxygen atoms in total. The molecule has 5 heteroatoms. The smallest absolute Gasteiger partial charge is 0.203 e. The molecule has 1 aliphatic heterocycles. The van der Waals surface area contributed by atoms with Gasteiger partial charge in [-0.1, -0.05) is 6.07 Å². The van der Waals surface area contributed by atoms with Gasteiger partial charge in [-0.05, 0) is 29.6 Å². The predicted molar refractivity (Wildman–Crippen MR) is 81.6 cm³/mol. The second-order valence-corrected chi connectivity index (χ2v) is 5.63. The normalized spacial score (nSPS) is 15.3. The Morgan fingerprint density at radius 2 is 2.05 bits per heavy atom. The van der Waals surface area contributed by atoms with E-state index in [1.807, 2.05) is 29.6 Å². The number of nitrogens with zero attached hydrogens (tertiary/aromatic N) is 1. The van der Waals surface area contributed by atoms with Gasteiger partial charge >= 0.3 is 0 Å². The number of anilines is 2. The van der Waals surface area contributed by atoms with Crippen LogP contribution >= 0.6 is 11.3 Å². The van der Waals surface area contributed by atoms with Crippen LogP contribution in [0.25, 0.3) is 0 Å². The molecular weight excluding hydrogens is 272 g/mol. The first kappa shape index (κ1) is 13.1. The Hall–Kier alpha value is -1.85. The zero-order chi connectivity index (χ0) is 13.9. The van der Waals surface area contributed by atoms with Gasteiger partial charge < -0.3 is 15.4 Å². The van der Waals surface area contributed by atoms with E-state index in [1.165, 1.54) is 11.3 Å². The van der Waals surface area contributed by atoms with Crippen LogP contribution in [0.1, 0.15) is 15.2 Å². The summed E-state index contributed by atoms with van der Waals surface area (Å²) in [5, 5.41) is 1.90. The summed E-state index contributed by atoms with van der Waals surface area (Å²) in [7, 11) is 0. The first-order valence-corrected chi connectivity index (χ1v) is 7.44. The molecule has 0 unspecified atom stereocenters. The fourth-order valence-corrected chi connectivity index (χ4v) is 3.02. The Bertz CT molecular complexity index is 604. The molecule has 1 fully saturated rings. The van der Waals surface area contributed by atoms with Crippen molar-refractivity contribution in [2.45, 2.75) is 0 Å². The van der Waals surface area contributed by atoms with Crippen LogP contribution in [0.15, 0.2) is 35.7 Å². The van der Waals surface area contributed by atoms with Crippen LogP contribution in [0.3, 0.4) is 0 Å². The van der Waals surface area contributed by atoms with Crippen LogP contribution in [0.4, 0.5) is 11.4 Å². The molecule has 2 N–H and O–H groups in total. The lowest BCUT2D eigenvalue weighted by atomic mass is 10.1. The van der Waals surface area contributed by atoms with Gasteiger partial charge in [0.2, 0.25) is 5.78 Å². The first-order chi connectivity index (χ1) is 9.75. The molecule has 3 rings (SSSR count). The number of ketones is 1. The Morgan fingerprint density at radius 3 is 2.70 bits per heavy atom. The van der Waals surface area contributed by atoms with Crippen molar-refractivity contribution in [1.82, 2.24) is 0 Å². The number of thiophene rings is 1. The molecule has 2 aromatic rings. The largest absolute Gasteiger partial charge is 0.397 e. The van der Waals surface area contributed by atoms with Gasteiger partial charge in [-0.2, -0.15) is 0 Å². The number of morpholine rings is 1. The van der Waals surface area contributed by atoms with Crippen molar-refractivity contribution in [3.05, 3.63) is 46.2 Å². The second kappa shape index (κ2) is 5.64. The van der Waals surface area contributed by atoms with Crippen LogP contribution in [0.5, 0.6) is 0 Å². The van der Waals surface area contributed by atoms with Crippen LogP contribution in [0.2, 0.25) is 0 Å². The minimum atomic E-state index is 0.0280. The molecule has 1 saturated heterocycles. The summed E-state index contributed by atoms with van der Waals surface area (Å²) in [5.41, 5.74) is 8.38. The van der Waals surface area contributed by atoms with Crippen molar-refractivity contribution in [1.29, 1.82) is 0 Å². The minimum Gasteiger partial charge on any atom is -0.397 e. The highest BCUT2D eigenvalue weighted by Crippen LogP contribution is 2.26. The molecule has 0 radical (unpaired) electrons. The van der Waals surface area contributed by atoms with E-state index in [2.05, 4.69) is 4.90 Å². The van der Waals surface area contributed by atoms with Crippen molar-refractivity contribution < 1.29 is 9.53 Å². The Morgan fingerprint density at radius 1 is 1.25 bits per heavy atom. The lowest BCUT2D eigenvalue weighted by Crippen LogP contribution is -2.36. The van der Waals surface area contributed by atoms with E-state index in [1.54, 1.807) is 6.07 Å². The zero-order valence-electron chi connectivity index (χ0n) is 11.0. The molecule has 0 bridgehead atoms. The maximum Gasteiger partial charge on any atom is 0.203 e. The number of carbonyl (C=O) groups excluding carboxylic acids is 1. The Labute approximate surface area is 121 Å². The predicted octanol–water partition coefficient (Wildman–Crippen LogP) is 2.40. The van der Waals surface area contributed by atoms with E-state index < -0.39 is 0 Å². The van der Waals surface area contributed by atoms with Gasteiger partial charge in [-0.3, -0.25) is 4.79 Å². The third-order valence-corrected chi connectivity index (χ3v) is 4.26. The molecule has 0 spiro atoms. The van der Waals surface area contributed by atoms with Crippen molar-refractivity contribution in [3.63, 3.8) is 0 Å². The fraction of sp³-hybridized carbons (Fsp3) is 0.267. The highest BCUT2D eigenvalue weighted by atomic mass is 32.1. The quantitative estimate of drug-likeness (QED) is 0.696. The summed E-state index contributed by atoms with van der Waals surface area (Å²) in [6.07, 6.45) is 0. The third-order valence-electron chi connectivity index (χ3n) is 3.39. The number of hydrogen-bond donors (Lipinski definition) is 1. The topological polar surface area (TPSA) is 55.6 Å². The average Bonchev–Trinajstić information content (AvgIpc) is 3.01. The minimum absolute atomic E-state index is 0.0280. The summed E-state index contributed by atoms with van der Waals surface area (Å²) in [6.45, 7) is 3.11. The molecule has 1 aliphatic rings. The van der Waals surface area contributed by atoms with E-state index >= 15 is 0 Å². The van der Waals surface area contributed by atoms with Crippen molar-refractivity contribution in [3.8, 4) is 0 Å². The van der Waals surface area contributed by atoms with Crippen LogP contribution in [-0.4, -0.2) is 32.1 Å². The molecule has 0 atom stereocenters. The van der Waals surface area contributed by atoms with Crippen molar-refractivity contribution in [2.24, 2.45) is 0 Å². The lowest BCUT2D eigenvalue weighted by Gasteiger charge is -2.29. The summed E-state index contributed by atoms with van der Waals surface area (Å²) >= 11 is 1.45. The van der Waals surface area contributed by atoms with Gasteiger partial charge in [0.05, 0.1) is 29.5 Å². The summed E-state index contributed by atoms with van der Waals surface area (Å²) < 4.78 is 5.34. The average molecular weight is 288 g/mol. The number of nitrogens with two attached hydrogens (primary N) is 1. The maximum absolute atomic E-state index is 12.3. The molecule has 0 saturated carbocycles. The van der Waals surface area contributed by atoms with E-state index in [0.717, 1.165) is 36.9 Å². The lowest BCUT2D eigenvalue weighted by molar-refractivity contribution is 0.104. The number of benzene rings is 1. The van der Waals surface area contributed by atoms with E-state index in [-0.39, 0.29) is 5.78 Å². The highest BCUT2D eigenvalue weighted by Gasteiger charge is 2.16. The molecule has 1 aromatic heterocycles. The molecule has 1 aromatic carbocycles. The summed E-state index contributed by atoms with van der Waals surface area (Å²) in [4.78, 5) is 15.2.